The number of fused-ring (bicyclic) bond motifs is 1. The molecule has 174 valence electrons. The first-order chi connectivity index (χ1) is 16.1. The van der Waals surface area contributed by atoms with Gasteiger partial charge in [0.25, 0.3) is 0 Å². The zero-order chi connectivity index (χ0) is 23.2. The average molecular weight is 516 g/mol. The number of nitrogens with one attached hydrogen (secondary N) is 1. The van der Waals surface area contributed by atoms with Gasteiger partial charge in [-0.05, 0) is 56.0 Å². The third kappa shape index (κ3) is 5.54. The van der Waals surface area contributed by atoms with Gasteiger partial charge >= 0.3 is 5.91 Å². The molecule has 1 fully saturated rings. The maximum atomic E-state index is 12.3. The topological polar surface area (TPSA) is 89.8 Å². The number of amides is 1. The van der Waals surface area contributed by atoms with Crippen LogP contribution in [0.4, 0.5) is 5.69 Å². The SMILES string of the molecule is COc1ccccc1OCC(=O)N=Nc1c(O)n(C[NH+]2CCCCCC2)c2ccc(Br)cc12. The lowest BCUT2D eigenvalue weighted by atomic mass is 10.2. The largest absolute Gasteiger partial charge is 0.493 e. The zero-order valence-electron chi connectivity index (χ0n) is 18.6. The highest BCUT2D eigenvalue weighted by molar-refractivity contribution is 9.10. The van der Waals surface area contributed by atoms with E-state index in [9.17, 15) is 9.90 Å². The van der Waals surface area contributed by atoms with Crippen molar-refractivity contribution in [2.24, 2.45) is 10.2 Å². The smallest absolute Gasteiger partial charge is 0.302 e. The van der Waals surface area contributed by atoms with Gasteiger partial charge in [0.15, 0.2) is 30.5 Å². The van der Waals surface area contributed by atoms with Crippen molar-refractivity contribution >= 4 is 38.4 Å². The first-order valence-electron chi connectivity index (χ1n) is 11.1. The van der Waals surface area contributed by atoms with Gasteiger partial charge in [-0.25, -0.2) is 0 Å². The van der Waals surface area contributed by atoms with E-state index >= 15 is 0 Å². The van der Waals surface area contributed by atoms with Crippen molar-refractivity contribution in [2.75, 3.05) is 26.8 Å². The first-order valence-corrected chi connectivity index (χ1v) is 11.9. The Morgan fingerprint density at radius 2 is 1.85 bits per heavy atom. The summed E-state index contributed by atoms with van der Waals surface area (Å²) in [6.45, 7) is 2.51. The van der Waals surface area contributed by atoms with Gasteiger partial charge in [-0.1, -0.05) is 28.1 Å². The fourth-order valence-electron chi connectivity index (χ4n) is 4.18. The lowest BCUT2D eigenvalue weighted by Gasteiger charge is -2.18. The van der Waals surface area contributed by atoms with Crippen LogP contribution in [0.5, 0.6) is 17.4 Å². The van der Waals surface area contributed by atoms with E-state index in [0.29, 0.717) is 18.2 Å². The summed E-state index contributed by atoms with van der Waals surface area (Å²) in [5.74, 6) is 0.438. The van der Waals surface area contributed by atoms with Gasteiger partial charge in [0, 0.05) is 9.86 Å². The second-order valence-corrected chi connectivity index (χ2v) is 9.03. The molecule has 2 heterocycles. The molecule has 1 saturated heterocycles. The summed E-state index contributed by atoms with van der Waals surface area (Å²) in [6.07, 6.45) is 4.89. The van der Waals surface area contributed by atoms with E-state index in [-0.39, 0.29) is 18.2 Å². The monoisotopic (exact) mass is 515 g/mol. The summed E-state index contributed by atoms with van der Waals surface area (Å²) in [5, 5.41) is 19.7. The summed E-state index contributed by atoms with van der Waals surface area (Å²) in [7, 11) is 1.54. The number of aromatic nitrogens is 1. The molecule has 0 atom stereocenters. The maximum Gasteiger partial charge on any atom is 0.302 e. The van der Waals surface area contributed by atoms with E-state index in [2.05, 4.69) is 26.2 Å². The third-order valence-electron chi connectivity index (χ3n) is 5.85. The number of nitrogens with zero attached hydrogens (tertiary/aromatic N) is 3. The van der Waals surface area contributed by atoms with Crippen molar-refractivity contribution in [1.29, 1.82) is 0 Å². The molecule has 33 heavy (non-hydrogen) atoms. The van der Waals surface area contributed by atoms with E-state index in [0.717, 1.165) is 28.5 Å². The fourth-order valence-corrected chi connectivity index (χ4v) is 4.54. The Labute approximate surface area is 200 Å². The minimum atomic E-state index is -0.561. The van der Waals surface area contributed by atoms with Crippen molar-refractivity contribution in [2.45, 2.75) is 32.4 Å². The molecule has 8 nitrogen and oxygen atoms in total. The lowest BCUT2D eigenvalue weighted by molar-refractivity contribution is -0.921. The molecule has 2 aromatic carbocycles. The molecular weight excluding hydrogens is 488 g/mol. The number of quaternary nitrogens is 1. The molecule has 1 aliphatic heterocycles. The number of carbonyl (C=O) groups is 1. The van der Waals surface area contributed by atoms with Gasteiger partial charge in [0.05, 0.1) is 25.7 Å². The number of likely N-dealkylation sites (tertiary alicyclic amines) is 1. The number of halogens is 1. The van der Waals surface area contributed by atoms with Crippen molar-refractivity contribution in [3.05, 3.63) is 46.9 Å². The second-order valence-electron chi connectivity index (χ2n) is 8.12. The molecule has 4 rings (SSSR count). The second kappa shape index (κ2) is 10.8. The Kier molecular flexibility index (Phi) is 7.61. The number of hydrogen-bond acceptors (Lipinski definition) is 5. The normalized spacial score (nSPS) is 15.1. The van der Waals surface area contributed by atoms with E-state index in [1.165, 1.54) is 37.7 Å². The molecule has 0 saturated carbocycles. The minimum absolute atomic E-state index is 0.0158. The summed E-state index contributed by atoms with van der Waals surface area (Å²) in [4.78, 5) is 13.8. The van der Waals surface area contributed by atoms with E-state index < -0.39 is 5.91 Å². The van der Waals surface area contributed by atoms with Crippen LogP contribution in [-0.4, -0.2) is 42.4 Å². The Morgan fingerprint density at radius 3 is 2.58 bits per heavy atom. The fraction of sp³-hybridized carbons (Fsp3) is 0.375. The Morgan fingerprint density at radius 1 is 1.12 bits per heavy atom. The number of carbonyl (C=O) groups excluding carboxylic acids is 1. The zero-order valence-corrected chi connectivity index (χ0v) is 20.2. The number of benzene rings is 2. The van der Waals surface area contributed by atoms with Gasteiger partial charge < -0.3 is 19.5 Å². The number of ether oxygens (including phenoxy) is 2. The number of methoxy groups -OCH3 is 1. The number of rotatable bonds is 7. The van der Waals surface area contributed by atoms with Crippen molar-refractivity contribution in [3.63, 3.8) is 0 Å². The Bertz CT molecular complexity index is 1150. The van der Waals surface area contributed by atoms with Crippen molar-refractivity contribution in [1.82, 2.24) is 4.57 Å². The van der Waals surface area contributed by atoms with Crippen LogP contribution in [-0.2, 0) is 11.5 Å². The van der Waals surface area contributed by atoms with Crippen LogP contribution in [0.1, 0.15) is 25.7 Å². The average Bonchev–Trinajstić information content (AvgIpc) is 2.98. The van der Waals surface area contributed by atoms with Gasteiger partial charge in [0.2, 0.25) is 5.88 Å². The van der Waals surface area contributed by atoms with E-state index in [1.807, 2.05) is 28.8 Å². The molecule has 1 amide bonds. The highest BCUT2D eigenvalue weighted by Crippen LogP contribution is 2.39. The summed E-state index contributed by atoms with van der Waals surface area (Å²) in [5.41, 5.74) is 1.14. The summed E-state index contributed by atoms with van der Waals surface area (Å²) >= 11 is 3.49. The summed E-state index contributed by atoms with van der Waals surface area (Å²) in [6, 6.07) is 12.8. The number of para-hydroxylation sites is 2. The van der Waals surface area contributed by atoms with Gasteiger partial charge in [-0.2, -0.15) is 0 Å². The molecule has 3 aromatic rings. The number of aromatic hydroxyl groups is 1. The van der Waals surface area contributed by atoms with Gasteiger partial charge in [-0.15, -0.1) is 10.2 Å². The molecule has 0 aliphatic carbocycles. The number of hydrogen-bond donors (Lipinski definition) is 2. The minimum Gasteiger partial charge on any atom is -0.493 e. The molecule has 0 bridgehead atoms. The predicted molar refractivity (Wildman–Crippen MR) is 128 cm³/mol. The van der Waals surface area contributed by atoms with Gasteiger partial charge in [0.1, 0.15) is 0 Å². The van der Waals surface area contributed by atoms with Crippen LogP contribution in [0.3, 0.4) is 0 Å². The lowest BCUT2D eigenvalue weighted by Crippen LogP contribution is -3.11. The summed E-state index contributed by atoms with van der Waals surface area (Å²) < 4.78 is 13.5. The van der Waals surface area contributed by atoms with E-state index in [1.54, 1.807) is 18.2 Å². The highest BCUT2D eigenvalue weighted by Gasteiger charge is 2.21. The molecule has 0 unspecified atom stereocenters. The predicted octanol–water partition coefficient (Wildman–Crippen LogP) is 4.22. The van der Waals surface area contributed by atoms with Crippen molar-refractivity contribution < 1.29 is 24.3 Å². The maximum absolute atomic E-state index is 12.3. The first kappa shape index (κ1) is 23.3. The molecule has 1 aromatic heterocycles. The van der Waals surface area contributed by atoms with Crippen LogP contribution in [0.25, 0.3) is 10.9 Å². The Balaban J connectivity index is 1.55. The van der Waals surface area contributed by atoms with Crippen LogP contribution in [0.15, 0.2) is 57.2 Å². The van der Waals surface area contributed by atoms with Crippen LogP contribution in [0.2, 0.25) is 0 Å². The molecule has 0 radical (unpaired) electrons. The standard InChI is InChI=1S/C24H27BrN4O4/c1-32-20-8-4-5-9-21(20)33-15-22(30)26-27-23-18-14-17(25)10-11-19(18)29(24(23)31)16-28-12-6-2-3-7-13-28/h4-5,8-11,14,31H,2-3,6-7,12-13,15-16H2,1H3/p+1. The highest BCUT2D eigenvalue weighted by atomic mass is 79.9. The van der Waals surface area contributed by atoms with Crippen LogP contribution >= 0.6 is 15.9 Å². The Hall–Kier alpha value is -2.91. The van der Waals surface area contributed by atoms with Crippen LogP contribution < -0.4 is 14.4 Å². The number of azo groups is 1. The van der Waals surface area contributed by atoms with E-state index in [4.69, 9.17) is 9.47 Å². The molecule has 1 aliphatic rings. The van der Waals surface area contributed by atoms with Crippen molar-refractivity contribution in [3.8, 4) is 17.4 Å². The molecule has 9 heteroatoms. The molecule has 2 N–H and O–H groups in total. The third-order valence-corrected chi connectivity index (χ3v) is 6.34. The molecular formula is C24H28BrN4O4+. The quantitative estimate of drug-likeness (QED) is 0.461. The molecule has 0 spiro atoms. The van der Waals surface area contributed by atoms with Crippen LogP contribution in [0, 0.1) is 0 Å². The van der Waals surface area contributed by atoms with Gasteiger partial charge in [-0.3, -0.25) is 9.36 Å².